The molecule has 0 aromatic heterocycles. The molecular formula is C25H34N2O2. The first kappa shape index (κ1) is 22.4. The Morgan fingerprint density at radius 2 is 1.72 bits per heavy atom. The van der Waals surface area contributed by atoms with Crippen LogP contribution in [0, 0.1) is 6.92 Å². The van der Waals surface area contributed by atoms with Crippen LogP contribution in [0.25, 0.3) is 5.70 Å². The number of allylic oxidation sites excluding steroid dienone is 2. The van der Waals surface area contributed by atoms with Gasteiger partial charge in [0, 0.05) is 40.9 Å². The molecule has 0 aliphatic heterocycles. The molecule has 2 aromatic rings. The quantitative estimate of drug-likeness (QED) is 0.473. The molecule has 0 unspecified atom stereocenters. The minimum absolute atomic E-state index is 0.0125. The van der Waals surface area contributed by atoms with Gasteiger partial charge >= 0.3 is 0 Å². The standard InChI is InChI=1S/C25H34N2O2/c1-8-16(4)19(7)27(10-3)23-12-11-21(13-17(23)5)26-18(6)22-14-20(9-2)24(28)15-25(22)29/h11-15,26,28-29H,6,8-10H2,1-5,7H3/b19-16+. The van der Waals surface area contributed by atoms with Gasteiger partial charge < -0.3 is 20.4 Å². The van der Waals surface area contributed by atoms with Gasteiger partial charge in [0.2, 0.25) is 0 Å². The zero-order valence-electron chi connectivity index (χ0n) is 18.6. The first-order valence-electron chi connectivity index (χ1n) is 10.3. The zero-order chi connectivity index (χ0) is 21.7. The predicted octanol–water partition coefficient (Wildman–Crippen LogP) is 6.58. The third kappa shape index (κ3) is 4.94. The molecule has 2 aromatic carbocycles. The zero-order valence-corrected chi connectivity index (χ0v) is 18.6. The van der Waals surface area contributed by atoms with Crippen molar-refractivity contribution in [2.24, 2.45) is 0 Å². The molecule has 0 radical (unpaired) electrons. The second-order valence-corrected chi connectivity index (χ2v) is 7.42. The molecule has 0 amide bonds. The summed E-state index contributed by atoms with van der Waals surface area (Å²) in [5.41, 5.74) is 7.90. The molecule has 29 heavy (non-hydrogen) atoms. The van der Waals surface area contributed by atoms with Crippen LogP contribution >= 0.6 is 0 Å². The molecule has 0 aliphatic carbocycles. The van der Waals surface area contributed by atoms with E-state index in [4.69, 9.17) is 0 Å². The maximum absolute atomic E-state index is 10.2. The monoisotopic (exact) mass is 394 g/mol. The average molecular weight is 395 g/mol. The molecule has 0 spiro atoms. The maximum Gasteiger partial charge on any atom is 0.128 e. The summed E-state index contributed by atoms with van der Waals surface area (Å²) in [5.74, 6) is 0.116. The number of aromatic hydroxyl groups is 2. The minimum Gasteiger partial charge on any atom is -0.508 e. The Bertz CT molecular complexity index is 929. The second-order valence-electron chi connectivity index (χ2n) is 7.42. The van der Waals surface area contributed by atoms with Crippen molar-refractivity contribution in [3.63, 3.8) is 0 Å². The third-order valence-corrected chi connectivity index (χ3v) is 5.55. The fourth-order valence-electron chi connectivity index (χ4n) is 3.50. The van der Waals surface area contributed by atoms with Crippen LogP contribution in [0.1, 0.15) is 57.7 Å². The van der Waals surface area contributed by atoms with E-state index in [-0.39, 0.29) is 11.5 Å². The molecule has 0 heterocycles. The van der Waals surface area contributed by atoms with Gasteiger partial charge in [-0.15, -0.1) is 0 Å². The van der Waals surface area contributed by atoms with E-state index in [0.717, 1.165) is 29.8 Å². The van der Waals surface area contributed by atoms with Crippen molar-refractivity contribution in [3.8, 4) is 11.5 Å². The van der Waals surface area contributed by atoms with E-state index in [1.807, 2.05) is 13.0 Å². The highest BCUT2D eigenvalue weighted by Crippen LogP contribution is 2.33. The average Bonchev–Trinajstić information content (AvgIpc) is 2.69. The van der Waals surface area contributed by atoms with E-state index < -0.39 is 0 Å². The van der Waals surface area contributed by atoms with Gasteiger partial charge in [0.05, 0.1) is 0 Å². The molecule has 0 fully saturated rings. The van der Waals surface area contributed by atoms with E-state index in [2.05, 4.69) is 63.5 Å². The molecule has 0 saturated carbocycles. The van der Waals surface area contributed by atoms with Crippen LogP contribution in [0.5, 0.6) is 11.5 Å². The Labute approximate surface area is 175 Å². The lowest BCUT2D eigenvalue weighted by Gasteiger charge is -2.28. The van der Waals surface area contributed by atoms with E-state index in [1.54, 1.807) is 6.07 Å². The Morgan fingerprint density at radius 3 is 2.28 bits per heavy atom. The van der Waals surface area contributed by atoms with Crippen LogP contribution in [-0.4, -0.2) is 16.8 Å². The van der Waals surface area contributed by atoms with Gasteiger partial charge in [-0.1, -0.05) is 26.0 Å². The number of nitrogens with zero attached hydrogens (tertiary/aromatic N) is 1. The van der Waals surface area contributed by atoms with Crippen molar-refractivity contribution in [1.29, 1.82) is 0 Å². The lowest BCUT2D eigenvalue weighted by Crippen LogP contribution is -2.22. The van der Waals surface area contributed by atoms with Crippen LogP contribution in [-0.2, 0) is 6.42 Å². The molecule has 2 rings (SSSR count). The van der Waals surface area contributed by atoms with Crippen molar-refractivity contribution in [1.82, 2.24) is 0 Å². The summed E-state index contributed by atoms with van der Waals surface area (Å²) in [6.07, 6.45) is 1.72. The summed E-state index contributed by atoms with van der Waals surface area (Å²) in [6.45, 7) is 17.8. The summed E-state index contributed by atoms with van der Waals surface area (Å²) in [6, 6.07) is 9.40. The first-order chi connectivity index (χ1) is 13.7. The summed E-state index contributed by atoms with van der Waals surface area (Å²) >= 11 is 0. The molecule has 0 aliphatic rings. The third-order valence-electron chi connectivity index (χ3n) is 5.55. The number of hydrogen-bond donors (Lipinski definition) is 3. The molecule has 0 bridgehead atoms. The topological polar surface area (TPSA) is 55.7 Å². The fourth-order valence-corrected chi connectivity index (χ4v) is 3.50. The SMILES string of the molecule is C=C(Nc1ccc(N(CC)/C(C)=C(\C)CC)c(C)c1)c1cc(CC)c(O)cc1O. The molecule has 3 N–H and O–H groups in total. The largest absolute Gasteiger partial charge is 0.508 e. The Hall–Kier alpha value is -2.88. The first-order valence-corrected chi connectivity index (χ1v) is 10.3. The van der Waals surface area contributed by atoms with Crippen LogP contribution in [0.15, 0.2) is 48.2 Å². The predicted molar refractivity (Wildman–Crippen MR) is 125 cm³/mol. The highest BCUT2D eigenvalue weighted by Gasteiger charge is 2.14. The van der Waals surface area contributed by atoms with E-state index >= 15 is 0 Å². The molecule has 0 saturated heterocycles. The van der Waals surface area contributed by atoms with Crippen molar-refractivity contribution in [2.75, 3.05) is 16.8 Å². The highest BCUT2D eigenvalue weighted by molar-refractivity contribution is 5.80. The van der Waals surface area contributed by atoms with Crippen molar-refractivity contribution < 1.29 is 10.2 Å². The number of nitrogens with one attached hydrogen (secondary N) is 1. The van der Waals surface area contributed by atoms with Crippen molar-refractivity contribution in [3.05, 3.63) is 64.9 Å². The normalized spacial score (nSPS) is 11.8. The molecular weight excluding hydrogens is 360 g/mol. The highest BCUT2D eigenvalue weighted by atomic mass is 16.3. The molecule has 4 heteroatoms. The summed E-state index contributed by atoms with van der Waals surface area (Å²) in [7, 11) is 0. The van der Waals surface area contributed by atoms with Crippen LogP contribution in [0.4, 0.5) is 11.4 Å². The number of phenolic OH excluding ortho intramolecular Hbond substituents is 2. The van der Waals surface area contributed by atoms with Crippen LogP contribution in [0.3, 0.4) is 0 Å². The maximum atomic E-state index is 10.2. The summed E-state index contributed by atoms with van der Waals surface area (Å²) in [4.78, 5) is 2.34. The van der Waals surface area contributed by atoms with Crippen molar-refractivity contribution in [2.45, 2.75) is 54.4 Å². The number of rotatable bonds is 8. The van der Waals surface area contributed by atoms with E-state index in [9.17, 15) is 10.2 Å². The van der Waals surface area contributed by atoms with Gasteiger partial charge in [0.1, 0.15) is 11.5 Å². The van der Waals surface area contributed by atoms with Gasteiger partial charge in [-0.3, -0.25) is 0 Å². The smallest absolute Gasteiger partial charge is 0.128 e. The van der Waals surface area contributed by atoms with Gasteiger partial charge in [0.15, 0.2) is 0 Å². The van der Waals surface area contributed by atoms with Crippen molar-refractivity contribution >= 4 is 17.1 Å². The second kappa shape index (κ2) is 9.55. The van der Waals surface area contributed by atoms with E-state index in [0.29, 0.717) is 17.7 Å². The summed E-state index contributed by atoms with van der Waals surface area (Å²) in [5, 5.41) is 23.4. The van der Waals surface area contributed by atoms with Gasteiger partial charge in [-0.05, 0) is 75.9 Å². The van der Waals surface area contributed by atoms with Gasteiger partial charge in [-0.2, -0.15) is 0 Å². The lowest BCUT2D eigenvalue weighted by molar-refractivity contribution is 0.445. The number of hydrogen-bond acceptors (Lipinski definition) is 4. The Balaban J connectivity index is 2.30. The van der Waals surface area contributed by atoms with E-state index in [1.165, 1.54) is 23.0 Å². The van der Waals surface area contributed by atoms with Crippen LogP contribution < -0.4 is 10.2 Å². The molecule has 0 atom stereocenters. The number of anilines is 2. The molecule has 156 valence electrons. The number of aryl methyl sites for hydroxylation is 2. The number of phenols is 2. The van der Waals surface area contributed by atoms with Gasteiger partial charge in [0.25, 0.3) is 0 Å². The van der Waals surface area contributed by atoms with Crippen LogP contribution in [0.2, 0.25) is 0 Å². The van der Waals surface area contributed by atoms with Gasteiger partial charge in [-0.25, -0.2) is 0 Å². The molecule has 4 nitrogen and oxygen atoms in total. The fraction of sp³-hybridized carbons (Fsp3) is 0.360. The number of benzene rings is 2. The summed E-state index contributed by atoms with van der Waals surface area (Å²) < 4.78 is 0. The Kier molecular flexibility index (Phi) is 7.38. The Morgan fingerprint density at radius 1 is 1.03 bits per heavy atom. The lowest BCUT2D eigenvalue weighted by atomic mass is 10.0. The minimum atomic E-state index is 0.0125.